The van der Waals surface area contributed by atoms with Gasteiger partial charge in [-0.15, -0.1) is 0 Å². The zero-order chi connectivity index (χ0) is 13.4. The zero-order valence-electron chi connectivity index (χ0n) is 9.54. The summed E-state index contributed by atoms with van der Waals surface area (Å²) in [4.78, 5) is 22.4. The molecular formula is C12H11ClFNO3. The Balaban J connectivity index is 2.11. The van der Waals surface area contributed by atoms with Gasteiger partial charge >= 0.3 is 5.97 Å². The van der Waals surface area contributed by atoms with Crippen molar-refractivity contribution in [3.05, 3.63) is 34.1 Å². The highest BCUT2D eigenvalue weighted by atomic mass is 35.5. The fraction of sp³-hybridized carbons (Fsp3) is 0.333. The summed E-state index contributed by atoms with van der Waals surface area (Å²) in [5, 5.41) is 11.4. The lowest BCUT2D eigenvalue weighted by Crippen LogP contribution is -2.28. The molecule has 0 heterocycles. The molecule has 0 saturated heterocycles. The summed E-state index contributed by atoms with van der Waals surface area (Å²) in [5.74, 6) is -2.56. The molecule has 0 radical (unpaired) electrons. The first-order valence-electron chi connectivity index (χ1n) is 5.39. The van der Waals surface area contributed by atoms with Gasteiger partial charge in [-0.05, 0) is 31.0 Å². The number of carbonyl (C=O) groups is 2. The second kappa shape index (κ2) is 4.57. The van der Waals surface area contributed by atoms with E-state index in [2.05, 4.69) is 5.32 Å². The van der Waals surface area contributed by atoms with Gasteiger partial charge in [-0.25, -0.2) is 4.39 Å². The summed E-state index contributed by atoms with van der Waals surface area (Å²) in [6.07, 6.45) is 0.396. The number of carboxylic acids is 1. The second-order valence-corrected chi connectivity index (χ2v) is 4.75. The molecule has 2 rings (SSSR count). The number of carbonyl (C=O) groups excluding carboxylic acids is 1. The maximum Gasteiger partial charge on any atom is 0.308 e. The molecule has 2 unspecified atom stereocenters. The van der Waals surface area contributed by atoms with Gasteiger partial charge in [-0.2, -0.15) is 0 Å². The third kappa shape index (κ3) is 2.46. The van der Waals surface area contributed by atoms with Gasteiger partial charge in [-0.3, -0.25) is 9.59 Å². The van der Waals surface area contributed by atoms with E-state index in [1.807, 2.05) is 0 Å². The third-order valence-electron chi connectivity index (χ3n) is 2.92. The van der Waals surface area contributed by atoms with Gasteiger partial charge in [0.1, 0.15) is 5.82 Å². The van der Waals surface area contributed by atoms with Crippen LogP contribution in [0.4, 0.5) is 4.39 Å². The molecule has 0 bridgehead atoms. The zero-order valence-corrected chi connectivity index (χ0v) is 10.3. The molecule has 1 fully saturated rings. The van der Waals surface area contributed by atoms with Crippen LogP contribution in [0.15, 0.2) is 12.1 Å². The first kappa shape index (κ1) is 12.8. The van der Waals surface area contributed by atoms with Crippen LogP contribution in [-0.4, -0.2) is 23.0 Å². The molecular weight excluding hydrogens is 261 g/mol. The molecule has 1 aliphatic rings. The number of amides is 1. The smallest absolute Gasteiger partial charge is 0.308 e. The van der Waals surface area contributed by atoms with E-state index < -0.39 is 29.7 Å². The van der Waals surface area contributed by atoms with Crippen LogP contribution in [0.3, 0.4) is 0 Å². The van der Waals surface area contributed by atoms with Crippen LogP contribution >= 0.6 is 11.6 Å². The van der Waals surface area contributed by atoms with Gasteiger partial charge < -0.3 is 10.4 Å². The van der Waals surface area contributed by atoms with Crippen molar-refractivity contribution in [1.29, 1.82) is 0 Å². The van der Waals surface area contributed by atoms with Gasteiger partial charge in [-0.1, -0.05) is 11.6 Å². The molecule has 6 heteroatoms. The predicted molar refractivity (Wildman–Crippen MR) is 63.1 cm³/mol. The monoisotopic (exact) mass is 271 g/mol. The molecule has 0 spiro atoms. The van der Waals surface area contributed by atoms with Gasteiger partial charge in [0.05, 0.1) is 16.5 Å². The minimum absolute atomic E-state index is 0.0239. The van der Waals surface area contributed by atoms with E-state index in [0.29, 0.717) is 12.0 Å². The number of carboxylic acid groups (broad SMARTS) is 1. The molecule has 0 aliphatic heterocycles. The van der Waals surface area contributed by atoms with Crippen LogP contribution in [0.25, 0.3) is 0 Å². The number of halogens is 2. The lowest BCUT2D eigenvalue weighted by Gasteiger charge is -2.07. The fourth-order valence-corrected chi connectivity index (χ4v) is 2.00. The van der Waals surface area contributed by atoms with Gasteiger partial charge in [0.25, 0.3) is 5.91 Å². The van der Waals surface area contributed by atoms with Crippen molar-refractivity contribution in [1.82, 2.24) is 5.32 Å². The number of rotatable bonds is 3. The first-order chi connectivity index (χ1) is 8.40. The lowest BCUT2D eigenvalue weighted by atomic mass is 10.1. The number of hydrogen-bond acceptors (Lipinski definition) is 2. The van der Waals surface area contributed by atoms with E-state index in [1.54, 1.807) is 6.92 Å². The van der Waals surface area contributed by atoms with Crippen molar-refractivity contribution in [2.24, 2.45) is 5.92 Å². The van der Waals surface area contributed by atoms with Crippen molar-refractivity contribution in [2.45, 2.75) is 19.4 Å². The number of aliphatic carboxylic acids is 1. The van der Waals surface area contributed by atoms with Crippen LogP contribution in [-0.2, 0) is 4.79 Å². The molecule has 4 nitrogen and oxygen atoms in total. The predicted octanol–water partition coefficient (Wildman–Crippen LogP) is 1.99. The average molecular weight is 272 g/mol. The highest BCUT2D eigenvalue weighted by molar-refractivity contribution is 6.33. The van der Waals surface area contributed by atoms with Crippen LogP contribution in [0, 0.1) is 18.7 Å². The standard InChI is InChI=1S/C12H11ClFNO3/c1-5-2-8(13)6(3-9(5)14)11(16)15-10-4-7(10)12(17)18/h2-3,7,10H,4H2,1H3,(H,15,16)(H,17,18). The van der Waals surface area contributed by atoms with E-state index in [0.717, 1.165) is 6.07 Å². The molecule has 2 N–H and O–H groups in total. The Morgan fingerprint density at radius 2 is 2.17 bits per heavy atom. The largest absolute Gasteiger partial charge is 0.481 e. The van der Waals surface area contributed by atoms with E-state index in [1.165, 1.54) is 6.07 Å². The van der Waals surface area contributed by atoms with Crippen molar-refractivity contribution in [2.75, 3.05) is 0 Å². The quantitative estimate of drug-likeness (QED) is 0.883. The van der Waals surface area contributed by atoms with Gasteiger partial charge in [0, 0.05) is 6.04 Å². The summed E-state index contributed by atoms with van der Waals surface area (Å²) < 4.78 is 13.3. The number of aryl methyl sites for hydroxylation is 1. The average Bonchev–Trinajstić information content (AvgIpc) is 3.02. The number of hydrogen-bond donors (Lipinski definition) is 2. The summed E-state index contributed by atoms with van der Waals surface area (Å²) in [6.45, 7) is 1.55. The Hall–Kier alpha value is -1.62. The second-order valence-electron chi connectivity index (χ2n) is 4.34. The minimum atomic E-state index is -0.943. The maximum absolute atomic E-state index is 13.3. The van der Waals surface area contributed by atoms with E-state index in [9.17, 15) is 14.0 Å². The van der Waals surface area contributed by atoms with E-state index in [4.69, 9.17) is 16.7 Å². The normalized spacial score (nSPS) is 21.5. The van der Waals surface area contributed by atoms with Crippen LogP contribution in [0.5, 0.6) is 0 Å². The topological polar surface area (TPSA) is 66.4 Å². The molecule has 96 valence electrons. The first-order valence-corrected chi connectivity index (χ1v) is 5.77. The molecule has 18 heavy (non-hydrogen) atoms. The van der Waals surface area contributed by atoms with Crippen molar-refractivity contribution >= 4 is 23.5 Å². The van der Waals surface area contributed by atoms with Crippen molar-refractivity contribution in [3.8, 4) is 0 Å². The molecule has 1 aliphatic carbocycles. The highest BCUT2D eigenvalue weighted by Gasteiger charge is 2.44. The van der Waals surface area contributed by atoms with Crippen LogP contribution in [0.1, 0.15) is 22.3 Å². The van der Waals surface area contributed by atoms with Gasteiger partial charge in [0.2, 0.25) is 0 Å². The molecule has 1 aromatic rings. The Kier molecular flexibility index (Phi) is 3.26. The Morgan fingerprint density at radius 1 is 1.50 bits per heavy atom. The van der Waals surface area contributed by atoms with E-state index in [-0.39, 0.29) is 10.6 Å². The molecule has 1 amide bonds. The van der Waals surface area contributed by atoms with Crippen molar-refractivity contribution < 1.29 is 19.1 Å². The van der Waals surface area contributed by atoms with Gasteiger partial charge in [0.15, 0.2) is 0 Å². The Bertz CT molecular complexity index is 532. The van der Waals surface area contributed by atoms with Crippen LogP contribution < -0.4 is 5.32 Å². The summed E-state index contributed by atoms with van der Waals surface area (Å²) in [6, 6.07) is 2.04. The SMILES string of the molecule is Cc1cc(Cl)c(C(=O)NC2CC2C(=O)O)cc1F. The lowest BCUT2D eigenvalue weighted by molar-refractivity contribution is -0.138. The summed E-state index contributed by atoms with van der Waals surface area (Å²) in [7, 11) is 0. The Labute approximate surface area is 108 Å². The molecule has 1 saturated carbocycles. The number of benzene rings is 1. The van der Waals surface area contributed by atoms with E-state index >= 15 is 0 Å². The number of nitrogens with one attached hydrogen (secondary N) is 1. The highest BCUT2D eigenvalue weighted by Crippen LogP contribution is 2.31. The summed E-state index contributed by atoms with van der Waals surface area (Å²) in [5.41, 5.74) is 0.377. The Morgan fingerprint density at radius 3 is 2.72 bits per heavy atom. The maximum atomic E-state index is 13.3. The molecule has 2 atom stereocenters. The third-order valence-corrected chi connectivity index (χ3v) is 3.23. The molecule has 0 aromatic heterocycles. The fourth-order valence-electron chi connectivity index (χ4n) is 1.69. The molecule has 1 aromatic carbocycles. The minimum Gasteiger partial charge on any atom is -0.481 e. The van der Waals surface area contributed by atoms with Crippen molar-refractivity contribution in [3.63, 3.8) is 0 Å². The van der Waals surface area contributed by atoms with Crippen LogP contribution in [0.2, 0.25) is 5.02 Å². The summed E-state index contributed by atoms with van der Waals surface area (Å²) >= 11 is 5.86.